The zero-order valence-electron chi connectivity index (χ0n) is 18.0. The van der Waals surface area contributed by atoms with Crippen LogP contribution in [0.1, 0.15) is 56.7 Å². The van der Waals surface area contributed by atoms with Crippen LogP contribution >= 0.6 is 24.0 Å². The number of thioether (sulfide) groups is 1. The second-order valence-electron chi connectivity index (χ2n) is 8.19. The number of hydrogen-bond acceptors (Lipinski definition) is 6. The highest BCUT2D eigenvalue weighted by Gasteiger charge is 2.33. The van der Waals surface area contributed by atoms with Gasteiger partial charge in [0.2, 0.25) is 0 Å². The molecule has 2 aliphatic heterocycles. The fourth-order valence-electron chi connectivity index (χ4n) is 4.00. The van der Waals surface area contributed by atoms with Gasteiger partial charge in [-0.25, -0.2) is 0 Å². The fraction of sp³-hybridized carbons (Fsp3) is 0.545. The molecule has 0 atom stereocenters. The van der Waals surface area contributed by atoms with Crippen molar-refractivity contribution in [3.8, 4) is 6.07 Å². The van der Waals surface area contributed by atoms with Gasteiger partial charge in [-0.15, -0.1) is 0 Å². The first-order chi connectivity index (χ1) is 14.3. The molecule has 1 amide bonds. The molecule has 3 heterocycles. The van der Waals surface area contributed by atoms with E-state index in [2.05, 4.69) is 24.8 Å². The molecule has 1 aromatic rings. The van der Waals surface area contributed by atoms with Crippen LogP contribution in [0.3, 0.4) is 0 Å². The Balaban J connectivity index is 2.21. The quantitative estimate of drug-likeness (QED) is 0.490. The normalized spacial score (nSPS) is 18.2. The van der Waals surface area contributed by atoms with E-state index in [9.17, 15) is 14.9 Å². The number of aromatic nitrogens is 1. The van der Waals surface area contributed by atoms with Crippen molar-refractivity contribution in [2.45, 2.75) is 53.5 Å². The zero-order chi connectivity index (χ0) is 22.0. The summed E-state index contributed by atoms with van der Waals surface area (Å²) in [7, 11) is 0. The number of nitrogens with zero attached hydrogens (tertiary/aromatic N) is 4. The standard InChI is InChI=1S/C22H28N4O2S2/c1-5-8-25-19(24-9-6-7-10-24)16(15(4)17(12-23)20(25)27)11-18-21(28)26(13-14(2)3)22(29)30-18/h11,14H,5-10,13H2,1-4H3/b18-11+. The lowest BCUT2D eigenvalue weighted by atomic mass is 10.0. The van der Waals surface area contributed by atoms with Gasteiger partial charge >= 0.3 is 0 Å². The number of amides is 1. The Bertz CT molecular complexity index is 998. The number of nitriles is 1. The highest BCUT2D eigenvalue weighted by Crippen LogP contribution is 2.36. The Labute approximate surface area is 187 Å². The van der Waals surface area contributed by atoms with Crippen LogP contribution < -0.4 is 10.5 Å². The molecule has 160 valence electrons. The zero-order valence-corrected chi connectivity index (χ0v) is 19.7. The lowest BCUT2D eigenvalue weighted by molar-refractivity contribution is -0.122. The second-order valence-corrected chi connectivity index (χ2v) is 9.86. The van der Waals surface area contributed by atoms with Crippen LogP contribution in [0, 0.1) is 24.2 Å². The van der Waals surface area contributed by atoms with Crippen LogP contribution in [-0.4, -0.2) is 39.3 Å². The average Bonchev–Trinajstić information content (AvgIpc) is 3.30. The maximum absolute atomic E-state index is 13.1. The predicted octanol–water partition coefficient (Wildman–Crippen LogP) is 3.90. The molecule has 0 aromatic carbocycles. The molecule has 2 aliphatic rings. The molecule has 2 saturated heterocycles. The maximum atomic E-state index is 13.1. The summed E-state index contributed by atoms with van der Waals surface area (Å²) in [5, 5.41) is 9.67. The van der Waals surface area contributed by atoms with E-state index < -0.39 is 0 Å². The average molecular weight is 445 g/mol. The number of carbonyl (C=O) groups excluding carboxylic acids is 1. The molecule has 30 heavy (non-hydrogen) atoms. The molecular formula is C22H28N4O2S2. The van der Waals surface area contributed by atoms with Gasteiger partial charge in [0.25, 0.3) is 11.5 Å². The fourth-order valence-corrected chi connectivity index (χ4v) is 5.26. The van der Waals surface area contributed by atoms with Gasteiger partial charge in [-0.2, -0.15) is 5.26 Å². The molecular weight excluding hydrogens is 416 g/mol. The summed E-state index contributed by atoms with van der Waals surface area (Å²) in [5.74, 6) is 1.03. The lowest BCUT2D eigenvalue weighted by Gasteiger charge is -2.26. The highest BCUT2D eigenvalue weighted by molar-refractivity contribution is 8.26. The minimum absolute atomic E-state index is 0.0998. The van der Waals surface area contributed by atoms with Crippen molar-refractivity contribution >= 4 is 46.1 Å². The SMILES string of the molecule is CCCn1c(N2CCCC2)c(/C=C2/SC(=S)N(CC(C)C)C2=O)c(C)c(C#N)c1=O. The van der Waals surface area contributed by atoms with Gasteiger partial charge in [0.1, 0.15) is 21.8 Å². The van der Waals surface area contributed by atoms with Gasteiger partial charge in [0, 0.05) is 31.7 Å². The summed E-state index contributed by atoms with van der Waals surface area (Å²) in [6.07, 6.45) is 4.75. The molecule has 0 spiro atoms. The third kappa shape index (κ3) is 4.19. The summed E-state index contributed by atoms with van der Waals surface area (Å²) in [5.41, 5.74) is 1.32. The van der Waals surface area contributed by atoms with Crippen molar-refractivity contribution in [3.63, 3.8) is 0 Å². The van der Waals surface area contributed by atoms with Crippen molar-refractivity contribution in [1.82, 2.24) is 9.47 Å². The molecule has 0 radical (unpaired) electrons. The first-order valence-electron chi connectivity index (χ1n) is 10.5. The number of rotatable bonds is 6. The Hall–Kier alpha value is -2.11. The minimum Gasteiger partial charge on any atom is -0.357 e. The maximum Gasteiger partial charge on any atom is 0.270 e. The van der Waals surface area contributed by atoms with Crippen LogP contribution in [0.5, 0.6) is 0 Å². The van der Waals surface area contributed by atoms with Crippen LogP contribution in [-0.2, 0) is 11.3 Å². The van der Waals surface area contributed by atoms with E-state index in [1.165, 1.54) is 11.8 Å². The van der Waals surface area contributed by atoms with Crippen LogP contribution in [0.4, 0.5) is 5.82 Å². The van der Waals surface area contributed by atoms with Crippen LogP contribution in [0.25, 0.3) is 6.08 Å². The molecule has 0 N–H and O–H groups in total. The minimum atomic E-state index is -0.247. The molecule has 2 fully saturated rings. The van der Waals surface area contributed by atoms with Gasteiger partial charge in [-0.3, -0.25) is 19.1 Å². The van der Waals surface area contributed by atoms with Crippen molar-refractivity contribution in [2.24, 2.45) is 5.92 Å². The van der Waals surface area contributed by atoms with E-state index in [1.807, 2.05) is 13.0 Å². The van der Waals surface area contributed by atoms with Gasteiger partial charge in [-0.1, -0.05) is 44.8 Å². The van der Waals surface area contributed by atoms with Gasteiger partial charge < -0.3 is 4.90 Å². The number of carbonyl (C=O) groups is 1. The van der Waals surface area contributed by atoms with Gasteiger partial charge in [-0.05, 0) is 43.7 Å². The summed E-state index contributed by atoms with van der Waals surface area (Å²) in [4.78, 5) is 30.5. The van der Waals surface area contributed by atoms with E-state index in [0.717, 1.165) is 43.7 Å². The van der Waals surface area contributed by atoms with Gasteiger partial charge in [0.15, 0.2) is 0 Å². The number of thiocarbonyl (C=S) groups is 1. The van der Waals surface area contributed by atoms with E-state index in [1.54, 1.807) is 16.4 Å². The van der Waals surface area contributed by atoms with E-state index in [4.69, 9.17) is 12.2 Å². The summed E-state index contributed by atoms with van der Waals surface area (Å²) in [6, 6.07) is 2.09. The molecule has 3 rings (SSSR count). The van der Waals surface area contributed by atoms with E-state index >= 15 is 0 Å². The van der Waals surface area contributed by atoms with Crippen LogP contribution in [0.2, 0.25) is 0 Å². The monoisotopic (exact) mass is 444 g/mol. The van der Waals surface area contributed by atoms with E-state index in [-0.39, 0.29) is 17.0 Å². The Kier molecular flexibility index (Phi) is 7.04. The Morgan fingerprint density at radius 3 is 2.50 bits per heavy atom. The highest BCUT2D eigenvalue weighted by atomic mass is 32.2. The van der Waals surface area contributed by atoms with Crippen molar-refractivity contribution in [3.05, 3.63) is 31.9 Å². The largest absolute Gasteiger partial charge is 0.357 e. The summed E-state index contributed by atoms with van der Waals surface area (Å²) in [6.45, 7) is 10.8. The molecule has 1 aromatic heterocycles. The molecule has 0 saturated carbocycles. The summed E-state index contributed by atoms with van der Waals surface area (Å²) >= 11 is 6.74. The molecule has 0 aliphatic carbocycles. The molecule has 0 bridgehead atoms. The second kappa shape index (κ2) is 9.36. The third-order valence-corrected chi connectivity index (χ3v) is 6.77. The topological polar surface area (TPSA) is 69.3 Å². The first kappa shape index (κ1) is 22.6. The predicted molar refractivity (Wildman–Crippen MR) is 127 cm³/mol. The molecule has 8 heteroatoms. The number of anilines is 1. The molecule has 0 unspecified atom stereocenters. The smallest absolute Gasteiger partial charge is 0.270 e. The van der Waals surface area contributed by atoms with E-state index in [0.29, 0.717) is 33.8 Å². The van der Waals surface area contributed by atoms with Crippen molar-refractivity contribution < 1.29 is 4.79 Å². The van der Waals surface area contributed by atoms with Crippen molar-refractivity contribution in [1.29, 1.82) is 5.26 Å². The Morgan fingerprint density at radius 1 is 1.27 bits per heavy atom. The van der Waals surface area contributed by atoms with Crippen molar-refractivity contribution in [2.75, 3.05) is 24.5 Å². The third-order valence-electron chi connectivity index (χ3n) is 5.40. The number of pyridine rings is 1. The van der Waals surface area contributed by atoms with Gasteiger partial charge in [0.05, 0.1) is 4.91 Å². The number of hydrogen-bond donors (Lipinski definition) is 0. The molecule has 6 nitrogen and oxygen atoms in total. The summed E-state index contributed by atoms with van der Waals surface area (Å²) < 4.78 is 2.28. The first-order valence-corrected chi connectivity index (χ1v) is 11.7. The lowest BCUT2D eigenvalue weighted by Crippen LogP contribution is -2.33. The van der Waals surface area contributed by atoms with Crippen LogP contribution in [0.15, 0.2) is 9.70 Å². The Morgan fingerprint density at radius 2 is 1.93 bits per heavy atom.